The van der Waals surface area contributed by atoms with Gasteiger partial charge in [0.25, 0.3) is 30.4 Å². The van der Waals surface area contributed by atoms with Gasteiger partial charge in [0.05, 0.1) is 78.6 Å². The number of amides is 1. The molecule has 4 N–H and O–H groups in total. The van der Waals surface area contributed by atoms with Crippen LogP contribution in [0.15, 0.2) is 99.7 Å². The summed E-state index contributed by atoms with van der Waals surface area (Å²) in [5, 5.41) is 6.68. The summed E-state index contributed by atoms with van der Waals surface area (Å²) >= 11 is 6.56. The molecule has 0 bridgehead atoms. The van der Waals surface area contributed by atoms with Crippen LogP contribution < -0.4 is 14.8 Å². The Morgan fingerprint density at radius 1 is 0.887 bits per heavy atom. The summed E-state index contributed by atoms with van der Waals surface area (Å²) in [6.45, 7) is 10.7. The van der Waals surface area contributed by atoms with Crippen molar-refractivity contribution in [3.8, 4) is 0 Å². The van der Waals surface area contributed by atoms with E-state index in [1.54, 1.807) is 16.8 Å². The average Bonchev–Trinajstić information content (AvgIpc) is 3.66. The van der Waals surface area contributed by atoms with Crippen LogP contribution >= 0.6 is 11.6 Å². The molecule has 386 valence electrons. The van der Waals surface area contributed by atoms with Gasteiger partial charge in [-0.3, -0.25) is 18.5 Å². The number of carbonyl (C=O) groups is 1. The second-order valence-corrected chi connectivity index (χ2v) is 22.8. The van der Waals surface area contributed by atoms with E-state index in [0.717, 1.165) is 16.7 Å². The number of hydrogen-bond acceptors (Lipinski definition) is 13. The van der Waals surface area contributed by atoms with Crippen molar-refractivity contribution in [3.05, 3.63) is 122 Å². The second-order valence-electron chi connectivity index (χ2n) is 17.8. The monoisotopic (exact) mass is 1060 g/mol. The van der Waals surface area contributed by atoms with Gasteiger partial charge in [0.15, 0.2) is 5.71 Å². The van der Waals surface area contributed by atoms with Crippen molar-refractivity contribution < 1.29 is 62.5 Å². The van der Waals surface area contributed by atoms with Crippen LogP contribution in [-0.2, 0) is 73.2 Å². The first-order chi connectivity index (χ1) is 33.4. The van der Waals surface area contributed by atoms with Crippen LogP contribution in [0.4, 0.5) is 11.5 Å². The number of azide groups is 1. The third kappa shape index (κ3) is 16.8. The van der Waals surface area contributed by atoms with Gasteiger partial charge in [0, 0.05) is 54.2 Å². The summed E-state index contributed by atoms with van der Waals surface area (Å²) in [5.74, 6) is -0.541. The SMILES string of the molecule is CC1(C)C(/C=C/C(=C/C=C2\N(CCCS(=O)(=O)O)c3ccc(S(=O)(=O)O)cc3C2(C)C)c2cccc(CCC(=O)NCCOCCOCCOCCN=[N+]=[N-])c2)=Nc2c1cc(Cl)c[n+]2CCCS(=O)(=O)O. The molecular formula is C47H61ClN7O13S3+. The molecule has 0 atom stereocenters. The van der Waals surface area contributed by atoms with E-state index >= 15 is 0 Å². The fraction of sp³-hybridized carbons (Fsp3) is 0.468. The number of fused-ring (bicyclic) bond motifs is 2. The molecular weight excluding hydrogens is 1000 g/mol. The van der Waals surface area contributed by atoms with Gasteiger partial charge in [-0.25, -0.2) is 4.57 Å². The summed E-state index contributed by atoms with van der Waals surface area (Å²) in [7, 11) is -13.1. The third-order valence-corrected chi connectivity index (χ3v) is 14.5. The maximum Gasteiger partial charge on any atom is 0.327 e. The molecule has 0 aliphatic carbocycles. The Kier molecular flexibility index (Phi) is 20.1. The number of carbonyl (C=O) groups excluding carboxylic acids is 1. The maximum atomic E-state index is 12.9. The van der Waals surface area contributed by atoms with Gasteiger partial charge >= 0.3 is 5.82 Å². The molecule has 71 heavy (non-hydrogen) atoms. The van der Waals surface area contributed by atoms with Gasteiger partial charge in [0.1, 0.15) is 6.20 Å². The van der Waals surface area contributed by atoms with Crippen LogP contribution in [0.25, 0.3) is 16.0 Å². The number of aliphatic imine (C=N–C) groups is 1. The fourth-order valence-corrected chi connectivity index (χ4v) is 9.89. The topological polar surface area (TPSA) is 288 Å². The van der Waals surface area contributed by atoms with Gasteiger partial charge in [-0.1, -0.05) is 67.0 Å². The first kappa shape index (κ1) is 56.9. The molecule has 20 nitrogen and oxygen atoms in total. The Balaban J connectivity index is 1.42. The number of aromatic nitrogens is 1. The molecule has 0 spiro atoms. The highest BCUT2D eigenvalue weighted by Crippen LogP contribution is 2.49. The first-order valence-electron chi connectivity index (χ1n) is 22.7. The third-order valence-electron chi connectivity index (χ3n) is 11.8. The summed E-state index contributed by atoms with van der Waals surface area (Å²) in [5.41, 5.74) is 12.4. The molecule has 0 radical (unpaired) electrons. The molecule has 0 saturated heterocycles. The molecule has 24 heteroatoms. The normalized spacial score (nSPS) is 16.0. The van der Waals surface area contributed by atoms with E-state index in [1.165, 1.54) is 12.1 Å². The van der Waals surface area contributed by atoms with Crippen LogP contribution in [0.5, 0.6) is 0 Å². The summed E-state index contributed by atoms with van der Waals surface area (Å²) < 4.78 is 118. The number of rotatable bonds is 28. The highest BCUT2D eigenvalue weighted by molar-refractivity contribution is 7.86. The zero-order valence-corrected chi connectivity index (χ0v) is 43.2. The molecule has 2 aliphatic rings. The van der Waals surface area contributed by atoms with Crippen LogP contribution in [0.1, 0.15) is 69.2 Å². The lowest BCUT2D eigenvalue weighted by atomic mass is 9.81. The van der Waals surface area contributed by atoms with Crippen LogP contribution in [0.3, 0.4) is 0 Å². The van der Waals surface area contributed by atoms with E-state index in [2.05, 4.69) is 15.3 Å². The van der Waals surface area contributed by atoms with Gasteiger partial charge in [-0.2, -0.15) is 25.3 Å². The Labute approximate surface area is 420 Å². The van der Waals surface area contributed by atoms with Gasteiger partial charge in [-0.15, -0.1) is 0 Å². The number of ether oxygens (including phenoxy) is 3. The Bertz CT molecular complexity index is 2940. The minimum Gasteiger partial charge on any atom is -0.379 e. The number of nitrogens with one attached hydrogen (secondary N) is 1. The zero-order valence-electron chi connectivity index (χ0n) is 40.0. The number of anilines is 1. The standard InChI is InChI=1S/C47H60ClN7O13S3/c1-46(2)40-31-37(48)33-54(20-6-28-69(57,58)59)45(40)52-42(46)15-11-35(12-16-43-47(3,4)39-32-38(71(63,64)65)13-14-41(39)55(43)21-7-29-70(60,61)62)36-9-5-8-34(30-36)10-17-44(56)50-18-22-66-24-26-68-27-25-67-23-19-51-53-49/h5,8-9,11-16,30-33H,6-7,10,17-29H2,1-4H3,(H3-,50,56,57,58,59,60,61,62,63,64,65)/p+1. The highest BCUT2D eigenvalue weighted by atomic mass is 35.5. The number of hydrogen-bond donors (Lipinski definition) is 4. The largest absolute Gasteiger partial charge is 0.379 e. The zero-order chi connectivity index (χ0) is 52.0. The molecule has 0 unspecified atom stereocenters. The van der Waals surface area contributed by atoms with E-state index in [0.29, 0.717) is 91.7 Å². The van der Waals surface area contributed by atoms with Gasteiger partial charge in [-0.05, 0) is 95.9 Å². The molecule has 3 aromatic rings. The smallest absolute Gasteiger partial charge is 0.327 e. The van der Waals surface area contributed by atoms with Crippen molar-refractivity contribution in [2.75, 3.05) is 75.7 Å². The van der Waals surface area contributed by atoms with Crippen molar-refractivity contribution >= 4 is 70.7 Å². The van der Waals surface area contributed by atoms with E-state index in [-0.39, 0.29) is 49.7 Å². The Morgan fingerprint density at radius 2 is 1.56 bits per heavy atom. The number of pyridine rings is 1. The van der Waals surface area contributed by atoms with E-state index in [4.69, 9.17) is 36.3 Å². The van der Waals surface area contributed by atoms with Crippen molar-refractivity contribution in [1.29, 1.82) is 0 Å². The van der Waals surface area contributed by atoms with Crippen molar-refractivity contribution in [2.45, 2.75) is 75.6 Å². The molecule has 1 amide bonds. The summed E-state index contributed by atoms with van der Waals surface area (Å²) in [6, 6.07) is 13.7. The van der Waals surface area contributed by atoms with Crippen molar-refractivity contribution in [1.82, 2.24) is 5.32 Å². The van der Waals surface area contributed by atoms with Crippen molar-refractivity contribution in [3.63, 3.8) is 0 Å². The van der Waals surface area contributed by atoms with Crippen LogP contribution in [0, 0.1) is 0 Å². The predicted octanol–water partition coefficient (Wildman–Crippen LogP) is 6.52. The number of halogens is 1. The van der Waals surface area contributed by atoms with Gasteiger partial charge < -0.3 is 24.4 Å². The number of nitrogens with zero attached hydrogens (tertiary/aromatic N) is 6. The first-order valence-corrected chi connectivity index (χ1v) is 27.8. The molecule has 3 heterocycles. The van der Waals surface area contributed by atoms with Crippen LogP contribution in [-0.4, -0.2) is 121 Å². The lowest BCUT2D eigenvalue weighted by Gasteiger charge is -2.27. The van der Waals surface area contributed by atoms with Gasteiger partial charge in [0.2, 0.25) is 5.91 Å². The number of aryl methyl sites for hydroxylation is 2. The molecule has 0 fully saturated rings. The number of allylic oxidation sites excluding steroid dienone is 6. The minimum absolute atomic E-state index is 0.0369. The molecule has 2 aliphatic heterocycles. The lowest BCUT2D eigenvalue weighted by Crippen LogP contribution is -2.36. The summed E-state index contributed by atoms with van der Waals surface area (Å²) in [4.78, 5) is 22.1. The minimum atomic E-state index is -4.57. The molecule has 5 rings (SSSR count). The van der Waals surface area contributed by atoms with E-state index in [9.17, 15) is 43.7 Å². The summed E-state index contributed by atoms with van der Waals surface area (Å²) in [6.07, 6.45) is 9.91. The predicted molar refractivity (Wildman–Crippen MR) is 270 cm³/mol. The molecule has 2 aromatic carbocycles. The fourth-order valence-electron chi connectivity index (χ4n) is 8.17. The lowest BCUT2D eigenvalue weighted by molar-refractivity contribution is -0.684. The molecule has 1 aromatic heterocycles. The van der Waals surface area contributed by atoms with Crippen LogP contribution in [0.2, 0.25) is 5.02 Å². The van der Waals surface area contributed by atoms with E-state index < -0.39 is 52.7 Å². The quantitative estimate of drug-likeness (QED) is 0.0115. The Morgan fingerprint density at radius 3 is 2.24 bits per heavy atom. The maximum absolute atomic E-state index is 12.9. The highest BCUT2D eigenvalue weighted by Gasteiger charge is 2.43. The van der Waals surface area contributed by atoms with Crippen molar-refractivity contribution in [2.24, 2.45) is 10.1 Å². The van der Waals surface area contributed by atoms with E-state index in [1.807, 2.05) is 87.2 Å². The molecule has 0 saturated carbocycles. The average molecular weight is 1060 g/mol. The Hall–Kier alpha value is -5.04. The number of benzene rings is 2. The second kappa shape index (κ2) is 25.1.